The molecular weight excluding hydrogens is 206 g/mol. The van der Waals surface area contributed by atoms with Crippen molar-refractivity contribution < 1.29 is 0 Å². The summed E-state index contributed by atoms with van der Waals surface area (Å²) in [6, 6.07) is 10.3. The lowest BCUT2D eigenvalue weighted by Gasteiger charge is -2.02. The molecule has 0 aliphatic heterocycles. The second-order valence-corrected chi connectivity index (χ2v) is 4.19. The minimum Gasteiger partial charge on any atom is -0.382 e. The molecule has 15 heavy (non-hydrogen) atoms. The first-order chi connectivity index (χ1) is 7.20. The number of benzene rings is 1. The lowest BCUT2D eigenvalue weighted by atomic mass is 10.1. The highest BCUT2D eigenvalue weighted by Gasteiger charge is 2.04. The van der Waals surface area contributed by atoms with Gasteiger partial charge in [-0.25, -0.2) is 0 Å². The van der Waals surface area contributed by atoms with Crippen LogP contribution in [0.15, 0.2) is 35.2 Å². The maximum Gasteiger partial charge on any atom is 0.146 e. The smallest absolute Gasteiger partial charge is 0.146 e. The van der Waals surface area contributed by atoms with Gasteiger partial charge in [-0.05, 0) is 24.0 Å². The van der Waals surface area contributed by atoms with E-state index in [2.05, 4.69) is 35.6 Å². The van der Waals surface area contributed by atoms with Crippen LogP contribution in [0, 0.1) is 0 Å². The van der Waals surface area contributed by atoms with Crippen molar-refractivity contribution in [2.24, 2.45) is 7.05 Å². The fourth-order valence-corrected chi connectivity index (χ4v) is 1.93. The van der Waals surface area contributed by atoms with Crippen molar-refractivity contribution in [1.29, 1.82) is 0 Å². The van der Waals surface area contributed by atoms with Crippen LogP contribution in [0.2, 0.25) is 0 Å². The summed E-state index contributed by atoms with van der Waals surface area (Å²) < 4.78 is 1.80. The Bertz CT molecular complexity index is 459. The van der Waals surface area contributed by atoms with Crippen LogP contribution in [0.25, 0.3) is 11.3 Å². The number of nitrogens with two attached hydrogens (primary N) is 1. The molecule has 0 spiro atoms. The minimum atomic E-state index is 0.557. The molecule has 0 unspecified atom stereocenters. The largest absolute Gasteiger partial charge is 0.382 e. The van der Waals surface area contributed by atoms with Crippen molar-refractivity contribution in [1.82, 2.24) is 9.78 Å². The third-order valence-electron chi connectivity index (χ3n) is 2.28. The molecule has 2 N–H and O–H groups in total. The Morgan fingerprint density at radius 3 is 2.40 bits per heavy atom. The Kier molecular flexibility index (Phi) is 2.68. The fourth-order valence-electron chi connectivity index (χ4n) is 1.52. The van der Waals surface area contributed by atoms with E-state index in [9.17, 15) is 0 Å². The number of hydrogen-bond donors (Lipinski definition) is 1. The number of rotatable bonds is 2. The van der Waals surface area contributed by atoms with Gasteiger partial charge >= 0.3 is 0 Å². The van der Waals surface area contributed by atoms with E-state index in [0.29, 0.717) is 5.82 Å². The molecule has 0 radical (unpaired) electrons. The van der Waals surface area contributed by atoms with Gasteiger partial charge in [-0.2, -0.15) is 5.10 Å². The first kappa shape index (κ1) is 10.1. The molecule has 2 rings (SSSR count). The summed E-state index contributed by atoms with van der Waals surface area (Å²) in [5.41, 5.74) is 7.82. The number of nitrogen functional groups attached to an aromatic ring is 1. The lowest BCUT2D eigenvalue weighted by Crippen LogP contribution is -1.94. The van der Waals surface area contributed by atoms with E-state index in [1.165, 1.54) is 4.90 Å². The van der Waals surface area contributed by atoms with Crippen LogP contribution in [0.5, 0.6) is 0 Å². The molecule has 0 amide bonds. The van der Waals surface area contributed by atoms with Crippen molar-refractivity contribution in [3.8, 4) is 11.3 Å². The number of aryl methyl sites for hydroxylation is 1. The van der Waals surface area contributed by atoms with Crippen LogP contribution < -0.4 is 5.73 Å². The van der Waals surface area contributed by atoms with E-state index < -0.39 is 0 Å². The maximum absolute atomic E-state index is 5.64. The van der Waals surface area contributed by atoms with Crippen molar-refractivity contribution >= 4 is 17.6 Å². The van der Waals surface area contributed by atoms with Gasteiger partial charge < -0.3 is 5.73 Å². The summed E-state index contributed by atoms with van der Waals surface area (Å²) >= 11 is 1.73. The predicted molar refractivity (Wildman–Crippen MR) is 64.8 cm³/mol. The standard InChI is InChI=1S/C11H13N3S/c1-14-10(7-11(12)13-14)8-3-5-9(15-2)6-4-8/h3-7H,1-2H3,(H2,12,13). The molecule has 3 nitrogen and oxygen atoms in total. The average Bonchev–Trinajstić information content (AvgIpc) is 2.58. The Balaban J connectivity index is 2.41. The summed E-state index contributed by atoms with van der Waals surface area (Å²) in [7, 11) is 1.90. The number of thioether (sulfide) groups is 1. The molecule has 4 heteroatoms. The van der Waals surface area contributed by atoms with Gasteiger partial charge in [-0.3, -0.25) is 4.68 Å². The number of anilines is 1. The van der Waals surface area contributed by atoms with Gasteiger partial charge in [0.25, 0.3) is 0 Å². The zero-order valence-electron chi connectivity index (χ0n) is 8.77. The van der Waals surface area contributed by atoms with Crippen LogP contribution in [0.4, 0.5) is 5.82 Å². The first-order valence-electron chi connectivity index (χ1n) is 4.64. The molecule has 0 atom stereocenters. The van der Waals surface area contributed by atoms with Crippen LogP contribution >= 0.6 is 11.8 Å². The predicted octanol–water partition coefficient (Wildman–Crippen LogP) is 2.39. The third kappa shape index (κ3) is 1.99. The number of aromatic nitrogens is 2. The molecular formula is C11H13N3S. The van der Waals surface area contributed by atoms with E-state index in [4.69, 9.17) is 5.73 Å². The molecule has 78 valence electrons. The third-order valence-corrected chi connectivity index (χ3v) is 3.03. The van der Waals surface area contributed by atoms with Crippen LogP contribution in [-0.4, -0.2) is 16.0 Å². The van der Waals surface area contributed by atoms with E-state index in [1.54, 1.807) is 16.4 Å². The molecule has 0 aliphatic carbocycles. The van der Waals surface area contributed by atoms with Gasteiger partial charge in [0.2, 0.25) is 0 Å². The second kappa shape index (κ2) is 3.98. The van der Waals surface area contributed by atoms with Gasteiger partial charge in [0, 0.05) is 18.0 Å². The molecule has 0 aliphatic rings. The van der Waals surface area contributed by atoms with Gasteiger partial charge in [-0.15, -0.1) is 11.8 Å². The average molecular weight is 219 g/mol. The highest BCUT2D eigenvalue weighted by atomic mass is 32.2. The van der Waals surface area contributed by atoms with Crippen molar-refractivity contribution in [2.45, 2.75) is 4.90 Å². The van der Waals surface area contributed by atoms with Crippen molar-refractivity contribution in [2.75, 3.05) is 12.0 Å². The van der Waals surface area contributed by atoms with Crippen LogP contribution in [0.3, 0.4) is 0 Å². The van der Waals surface area contributed by atoms with E-state index >= 15 is 0 Å². The molecule has 0 saturated carbocycles. The molecule has 1 heterocycles. The zero-order valence-corrected chi connectivity index (χ0v) is 9.58. The lowest BCUT2D eigenvalue weighted by molar-refractivity contribution is 0.780. The molecule has 2 aromatic rings. The molecule has 1 aromatic heterocycles. The summed E-state index contributed by atoms with van der Waals surface area (Å²) in [6.07, 6.45) is 2.07. The zero-order chi connectivity index (χ0) is 10.8. The summed E-state index contributed by atoms with van der Waals surface area (Å²) in [4.78, 5) is 1.26. The minimum absolute atomic E-state index is 0.557. The second-order valence-electron chi connectivity index (χ2n) is 3.31. The first-order valence-corrected chi connectivity index (χ1v) is 5.87. The van der Waals surface area contributed by atoms with Crippen LogP contribution in [-0.2, 0) is 7.05 Å². The Hall–Kier alpha value is -1.42. The van der Waals surface area contributed by atoms with E-state index in [1.807, 2.05) is 13.1 Å². The van der Waals surface area contributed by atoms with Gasteiger partial charge in [0.1, 0.15) is 5.82 Å². The van der Waals surface area contributed by atoms with E-state index in [0.717, 1.165) is 11.3 Å². The summed E-state index contributed by atoms with van der Waals surface area (Å²) in [5.74, 6) is 0.557. The number of hydrogen-bond acceptors (Lipinski definition) is 3. The monoisotopic (exact) mass is 219 g/mol. The van der Waals surface area contributed by atoms with Crippen molar-refractivity contribution in [3.05, 3.63) is 30.3 Å². The van der Waals surface area contributed by atoms with Crippen molar-refractivity contribution in [3.63, 3.8) is 0 Å². The quantitative estimate of drug-likeness (QED) is 0.789. The Labute approximate surface area is 93.3 Å². The summed E-state index contributed by atoms with van der Waals surface area (Å²) in [6.45, 7) is 0. The molecule has 1 aromatic carbocycles. The summed E-state index contributed by atoms with van der Waals surface area (Å²) in [5, 5.41) is 4.12. The highest BCUT2D eigenvalue weighted by molar-refractivity contribution is 7.98. The Morgan fingerprint density at radius 2 is 1.93 bits per heavy atom. The molecule has 0 fully saturated rings. The number of nitrogens with zero attached hydrogens (tertiary/aromatic N) is 2. The highest BCUT2D eigenvalue weighted by Crippen LogP contribution is 2.23. The Morgan fingerprint density at radius 1 is 1.27 bits per heavy atom. The van der Waals surface area contributed by atoms with Gasteiger partial charge in [0.15, 0.2) is 0 Å². The van der Waals surface area contributed by atoms with Gasteiger partial charge in [0.05, 0.1) is 5.69 Å². The fraction of sp³-hybridized carbons (Fsp3) is 0.182. The van der Waals surface area contributed by atoms with Crippen LogP contribution in [0.1, 0.15) is 0 Å². The molecule has 0 saturated heterocycles. The van der Waals surface area contributed by atoms with E-state index in [-0.39, 0.29) is 0 Å². The maximum atomic E-state index is 5.64. The van der Waals surface area contributed by atoms with Gasteiger partial charge in [-0.1, -0.05) is 12.1 Å². The topological polar surface area (TPSA) is 43.8 Å². The normalized spacial score (nSPS) is 10.5. The SMILES string of the molecule is CSc1ccc(-c2cc(N)nn2C)cc1. The molecule has 0 bridgehead atoms.